The standard InChI is InChI=1S/C10H21NO/c1-5-7-11(4)8-10(3,6-2)9-12/h9H,5-8H2,1-4H3. The van der Waals surface area contributed by atoms with Gasteiger partial charge in [0.05, 0.1) is 0 Å². The molecule has 0 fully saturated rings. The van der Waals surface area contributed by atoms with Crippen molar-refractivity contribution in [2.45, 2.75) is 33.6 Å². The van der Waals surface area contributed by atoms with Crippen LogP contribution >= 0.6 is 0 Å². The molecule has 0 spiro atoms. The van der Waals surface area contributed by atoms with E-state index in [-0.39, 0.29) is 5.41 Å². The molecule has 2 nitrogen and oxygen atoms in total. The molecule has 0 N–H and O–H groups in total. The third-order valence-electron chi connectivity index (χ3n) is 2.33. The van der Waals surface area contributed by atoms with Gasteiger partial charge in [-0.05, 0) is 26.4 Å². The lowest BCUT2D eigenvalue weighted by molar-refractivity contribution is -0.116. The minimum absolute atomic E-state index is 0.149. The fourth-order valence-corrected chi connectivity index (χ4v) is 1.31. The van der Waals surface area contributed by atoms with E-state index in [1.54, 1.807) is 0 Å². The van der Waals surface area contributed by atoms with Crippen LogP contribution in [0.15, 0.2) is 0 Å². The third-order valence-corrected chi connectivity index (χ3v) is 2.33. The topological polar surface area (TPSA) is 20.3 Å². The average molecular weight is 171 g/mol. The molecule has 0 aliphatic carbocycles. The van der Waals surface area contributed by atoms with Gasteiger partial charge < -0.3 is 9.69 Å². The second kappa shape index (κ2) is 5.31. The lowest BCUT2D eigenvalue weighted by Crippen LogP contribution is -2.34. The summed E-state index contributed by atoms with van der Waals surface area (Å²) in [6.45, 7) is 8.19. The molecule has 0 saturated heterocycles. The molecular formula is C10H21NO. The molecule has 0 radical (unpaired) electrons. The van der Waals surface area contributed by atoms with Crippen LogP contribution in [0, 0.1) is 5.41 Å². The van der Waals surface area contributed by atoms with Crippen molar-refractivity contribution in [2.75, 3.05) is 20.1 Å². The molecule has 0 saturated carbocycles. The minimum atomic E-state index is -0.149. The molecule has 2 heteroatoms. The predicted molar refractivity (Wildman–Crippen MR) is 52.3 cm³/mol. The summed E-state index contributed by atoms with van der Waals surface area (Å²) in [5.41, 5.74) is -0.149. The van der Waals surface area contributed by atoms with Crippen LogP contribution in [-0.2, 0) is 4.79 Å². The number of hydrogen-bond donors (Lipinski definition) is 0. The summed E-state index contributed by atoms with van der Waals surface area (Å²) in [7, 11) is 2.07. The van der Waals surface area contributed by atoms with E-state index in [4.69, 9.17) is 0 Å². The van der Waals surface area contributed by atoms with Gasteiger partial charge in [0, 0.05) is 12.0 Å². The molecule has 0 bridgehead atoms. The summed E-state index contributed by atoms with van der Waals surface area (Å²) in [6.07, 6.45) is 3.15. The van der Waals surface area contributed by atoms with Crippen molar-refractivity contribution in [3.8, 4) is 0 Å². The Morgan fingerprint density at radius 2 is 2.00 bits per heavy atom. The van der Waals surface area contributed by atoms with E-state index in [9.17, 15) is 4.79 Å². The van der Waals surface area contributed by atoms with Crippen LogP contribution in [0.2, 0.25) is 0 Å². The molecule has 0 rings (SSSR count). The van der Waals surface area contributed by atoms with Gasteiger partial charge in [-0.1, -0.05) is 20.8 Å². The van der Waals surface area contributed by atoms with Crippen molar-refractivity contribution >= 4 is 6.29 Å². The van der Waals surface area contributed by atoms with E-state index in [2.05, 4.69) is 25.8 Å². The molecule has 0 aromatic carbocycles. The number of carbonyl (C=O) groups excluding carboxylic acids is 1. The largest absolute Gasteiger partial charge is 0.305 e. The van der Waals surface area contributed by atoms with Gasteiger partial charge >= 0.3 is 0 Å². The van der Waals surface area contributed by atoms with Gasteiger partial charge in [-0.15, -0.1) is 0 Å². The molecule has 12 heavy (non-hydrogen) atoms. The predicted octanol–water partition coefficient (Wildman–Crippen LogP) is 1.94. The quantitative estimate of drug-likeness (QED) is 0.569. The Morgan fingerprint density at radius 1 is 1.42 bits per heavy atom. The molecule has 72 valence electrons. The van der Waals surface area contributed by atoms with Gasteiger partial charge in [0.2, 0.25) is 0 Å². The second-order valence-corrected chi connectivity index (χ2v) is 3.86. The maximum Gasteiger partial charge on any atom is 0.127 e. The maximum absolute atomic E-state index is 10.8. The van der Waals surface area contributed by atoms with Crippen molar-refractivity contribution < 1.29 is 4.79 Å². The summed E-state index contributed by atoms with van der Waals surface area (Å²) >= 11 is 0. The Morgan fingerprint density at radius 3 is 2.33 bits per heavy atom. The van der Waals surface area contributed by atoms with Crippen molar-refractivity contribution in [1.29, 1.82) is 0 Å². The Labute approximate surface area is 75.9 Å². The molecule has 0 aliphatic heterocycles. The Balaban J connectivity index is 3.92. The normalized spacial score (nSPS) is 16.1. The van der Waals surface area contributed by atoms with E-state index < -0.39 is 0 Å². The first-order valence-electron chi connectivity index (χ1n) is 4.73. The number of carbonyl (C=O) groups is 1. The first-order valence-corrected chi connectivity index (χ1v) is 4.73. The van der Waals surface area contributed by atoms with Crippen LogP contribution in [0.1, 0.15) is 33.6 Å². The van der Waals surface area contributed by atoms with Gasteiger partial charge in [0.25, 0.3) is 0 Å². The van der Waals surface area contributed by atoms with E-state index in [1.165, 1.54) is 0 Å². The van der Waals surface area contributed by atoms with Gasteiger partial charge in [-0.3, -0.25) is 0 Å². The Bertz CT molecular complexity index is 136. The van der Waals surface area contributed by atoms with Crippen molar-refractivity contribution in [2.24, 2.45) is 5.41 Å². The zero-order chi connectivity index (χ0) is 9.61. The molecular weight excluding hydrogens is 150 g/mol. The zero-order valence-corrected chi connectivity index (χ0v) is 8.76. The molecule has 0 amide bonds. The number of nitrogens with zero attached hydrogens (tertiary/aromatic N) is 1. The third kappa shape index (κ3) is 3.86. The molecule has 0 aromatic rings. The van der Waals surface area contributed by atoms with Gasteiger partial charge in [0.15, 0.2) is 0 Å². The van der Waals surface area contributed by atoms with Crippen LogP contribution in [0.3, 0.4) is 0 Å². The number of aldehydes is 1. The summed E-state index contributed by atoms with van der Waals surface area (Å²) in [4.78, 5) is 13.0. The van der Waals surface area contributed by atoms with Crippen LogP contribution in [-0.4, -0.2) is 31.3 Å². The smallest absolute Gasteiger partial charge is 0.127 e. The van der Waals surface area contributed by atoms with E-state index >= 15 is 0 Å². The van der Waals surface area contributed by atoms with Gasteiger partial charge in [0.1, 0.15) is 6.29 Å². The Hall–Kier alpha value is -0.370. The minimum Gasteiger partial charge on any atom is -0.305 e. The molecule has 0 aliphatic rings. The van der Waals surface area contributed by atoms with Gasteiger partial charge in [-0.25, -0.2) is 0 Å². The van der Waals surface area contributed by atoms with Crippen LogP contribution < -0.4 is 0 Å². The number of hydrogen-bond acceptors (Lipinski definition) is 2. The van der Waals surface area contributed by atoms with E-state index in [0.29, 0.717) is 0 Å². The first-order chi connectivity index (χ1) is 5.58. The van der Waals surface area contributed by atoms with Crippen LogP contribution in [0.25, 0.3) is 0 Å². The summed E-state index contributed by atoms with van der Waals surface area (Å²) < 4.78 is 0. The highest BCUT2D eigenvalue weighted by atomic mass is 16.1. The fourth-order valence-electron chi connectivity index (χ4n) is 1.31. The summed E-state index contributed by atoms with van der Waals surface area (Å²) in [5.74, 6) is 0. The van der Waals surface area contributed by atoms with Crippen molar-refractivity contribution in [1.82, 2.24) is 4.90 Å². The average Bonchev–Trinajstić information content (AvgIpc) is 2.05. The lowest BCUT2D eigenvalue weighted by Gasteiger charge is -2.27. The monoisotopic (exact) mass is 171 g/mol. The van der Waals surface area contributed by atoms with Crippen LogP contribution in [0.5, 0.6) is 0 Å². The SMILES string of the molecule is CCCN(C)CC(C)(C=O)CC. The summed E-state index contributed by atoms with van der Waals surface area (Å²) in [5, 5.41) is 0. The molecule has 0 aromatic heterocycles. The fraction of sp³-hybridized carbons (Fsp3) is 0.900. The molecule has 1 unspecified atom stereocenters. The van der Waals surface area contributed by atoms with E-state index in [1.807, 2.05) is 6.92 Å². The second-order valence-electron chi connectivity index (χ2n) is 3.86. The first kappa shape index (κ1) is 11.6. The lowest BCUT2D eigenvalue weighted by atomic mass is 9.89. The molecule has 0 heterocycles. The Kier molecular flexibility index (Phi) is 5.14. The highest BCUT2D eigenvalue weighted by molar-refractivity contribution is 5.58. The van der Waals surface area contributed by atoms with Crippen LogP contribution in [0.4, 0.5) is 0 Å². The maximum atomic E-state index is 10.8. The zero-order valence-electron chi connectivity index (χ0n) is 8.76. The van der Waals surface area contributed by atoms with E-state index in [0.717, 1.165) is 32.2 Å². The van der Waals surface area contributed by atoms with Crippen molar-refractivity contribution in [3.63, 3.8) is 0 Å². The highest BCUT2D eigenvalue weighted by Gasteiger charge is 2.22. The molecule has 1 atom stereocenters. The highest BCUT2D eigenvalue weighted by Crippen LogP contribution is 2.18. The van der Waals surface area contributed by atoms with Crippen molar-refractivity contribution in [3.05, 3.63) is 0 Å². The van der Waals surface area contributed by atoms with Gasteiger partial charge in [-0.2, -0.15) is 0 Å². The number of rotatable bonds is 6. The summed E-state index contributed by atoms with van der Waals surface area (Å²) in [6, 6.07) is 0.